The molecule has 0 aliphatic rings. The second kappa shape index (κ2) is 7.39. The van der Waals surface area contributed by atoms with E-state index in [2.05, 4.69) is 36.6 Å². The van der Waals surface area contributed by atoms with Crippen LogP contribution in [-0.4, -0.2) is 27.5 Å². The summed E-state index contributed by atoms with van der Waals surface area (Å²) >= 11 is 6.32. The number of sulfonamides is 1. The SMILES string of the molecule is CCOC(=O)CCNS(=O)(=O)c1c(Br)cc(N)cc1Br. The Labute approximate surface area is 134 Å². The largest absolute Gasteiger partial charge is 0.466 e. The van der Waals surface area contributed by atoms with E-state index >= 15 is 0 Å². The normalized spacial score (nSPS) is 11.3. The Morgan fingerprint density at radius 3 is 2.40 bits per heavy atom. The Morgan fingerprint density at radius 2 is 1.90 bits per heavy atom. The summed E-state index contributed by atoms with van der Waals surface area (Å²) in [6.07, 6.45) is -0.0305. The third-order valence-corrected chi connectivity index (χ3v) is 5.55. The van der Waals surface area contributed by atoms with Crippen LogP contribution in [0.25, 0.3) is 0 Å². The van der Waals surface area contributed by atoms with Gasteiger partial charge in [0, 0.05) is 21.2 Å². The van der Waals surface area contributed by atoms with Gasteiger partial charge in [0.2, 0.25) is 10.0 Å². The quantitative estimate of drug-likeness (QED) is 0.532. The minimum atomic E-state index is -3.76. The fourth-order valence-electron chi connectivity index (χ4n) is 1.43. The number of rotatable bonds is 6. The zero-order valence-electron chi connectivity index (χ0n) is 10.7. The maximum Gasteiger partial charge on any atom is 0.307 e. The summed E-state index contributed by atoms with van der Waals surface area (Å²) in [5, 5.41) is 0. The number of anilines is 1. The van der Waals surface area contributed by atoms with Crippen molar-refractivity contribution in [2.45, 2.75) is 18.2 Å². The van der Waals surface area contributed by atoms with Gasteiger partial charge in [-0.05, 0) is 50.9 Å². The molecule has 6 nitrogen and oxygen atoms in total. The number of halogens is 2. The van der Waals surface area contributed by atoms with E-state index in [1.165, 1.54) is 12.1 Å². The number of nitrogens with one attached hydrogen (secondary N) is 1. The summed E-state index contributed by atoms with van der Waals surface area (Å²) in [4.78, 5) is 11.2. The zero-order valence-corrected chi connectivity index (χ0v) is 14.6. The average molecular weight is 430 g/mol. The van der Waals surface area contributed by atoms with E-state index < -0.39 is 16.0 Å². The van der Waals surface area contributed by atoms with Crippen molar-refractivity contribution in [3.8, 4) is 0 Å². The molecule has 1 rings (SSSR count). The van der Waals surface area contributed by atoms with Gasteiger partial charge in [0.15, 0.2) is 0 Å². The number of nitrogens with two attached hydrogens (primary N) is 1. The van der Waals surface area contributed by atoms with Crippen LogP contribution in [0.2, 0.25) is 0 Å². The predicted octanol–water partition coefficient (Wildman–Crippen LogP) is 2.03. The molecule has 0 aliphatic heterocycles. The summed E-state index contributed by atoms with van der Waals surface area (Å²) in [5.74, 6) is -0.453. The van der Waals surface area contributed by atoms with E-state index in [0.29, 0.717) is 14.6 Å². The molecule has 20 heavy (non-hydrogen) atoms. The lowest BCUT2D eigenvalue weighted by Crippen LogP contribution is -2.27. The number of nitrogen functional groups attached to an aromatic ring is 1. The Morgan fingerprint density at radius 1 is 1.35 bits per heavy atom. The van der Waals surface area contributed by atoms with Gasteiger partial charge >= 0.3 is 5.97 Å². The Hall–Kier alpha value is -0.640. The van der Waals surface area contributed by atoms with Crippen LogP contribution < -0.4 is 10.5 Å². The molecule has 1 aromatic rings. The number of carbonyl (C=O) groups is 1. The molecule has 0 radical (unpaired) electrons. The molecule has 0 aliphatic carbocycles. The second-order valence-corrected chi connectivity index (χ2v) is 7.18. The standard InChI is InChI=1S/C11H14Br2N2O4S/c1-2-19-10(16)3-4-15-20(17,18)11-8(12)5-7(14)6-9(11)13/h5-6,15H,2-4,14H2,1H3. The van der Waals surface area contributed by atoms with Gasteiger partial charge < -0.3 is 10.5 Å². The molecular formula is C11H14Br2N2O4S. The summed E-state index contributed by atoms with van der Waals surface area (Å²) in [6, 6.07) is 2.98. The molecule has 0 bridgehead atoms. The molecule has 0 unspecified atom stereocenters. The van der Waals surface area contributed by atoms with Crippen LogP contribution in [-0.2, 0) is 19.6 Å². The number of carbonyl (C=O) groups excluding carboxylic acids is 1. The average Bonchev–Trinajstić information content (AvgIpc) is 2.26. The Bertz CT molecular complexity index is 581. The minimum absolute atomic E-state index is 0.0305. The maximum absolute atomic E-state index is 12.2. The van der Waals surface area contributed by atoms with Gasteiger partial charge in [-0.3, -0.25) is 4.79 Å². The number of ether oxygens (including phenoxy) is 1. The maximum atomic E-state index is 12.2. The van der Waals surface area contributed by atoms with Crippen LogP contribution >= 0.6 is 31.9 Å². The Kier molecular flexibility index (Phi) is 6.44. The molecule has 0 aromatic heterocycles. The molecule has 0 atom stereocenters. The van der Waals surface area contributed by atoms with Gasteiger partial charge in [0.1, 0.15) is 4.90 Å². The monoisotopic (exact) mass is 428 g/mol. The third kappa shape index (κ3) is 4.72. The number of benzene rings is 1. The van der Waals surface area contributed by atoms with Gasteiger partial charge in [-0.1, -0.05) is 0 Å². The first-order chi connectivity index (χ1) is 9.27. The van der Waals surface area contributed by atoms with Crippen molar-refractivity contribution in [3.63, 3.8) is 0 Å². The number of esters is 1. The highest BCUT2D eigenvalue weighted by atomic mass is 79.9. The van der Waals surface area contributed by atoms with Crippen molar-refractivity contribution in [2.75, 3.05) is 18.9 Å². The first-order valence-electron chi connectivity index (χ1n) is 5.67. The molecule has 0 saturated carbocycles. The van der Waals surface area contributed by atoms with Gasteiger partial charge in [-0.25, -0.2) is 13.1 Å². The van der Waals surface area contributed by atoms with E-state index in [-0.39, 0.29) is 24.5 Å². The van der Waals surface area contributed by atoms with E-state index in [0.717, 1.165) is 0 Å². The van der Waals surface area contributed by atoms with Crippen LogP contribution in [0.3, 0.4) is 0 Å². The summed E-state index contributed by atoms with van der Waals surface area (Å²) < 4.78 is 32.1. The Balaban J connectivity index is 2.82. The third-order valence-electron chi connectivity index (χ3n) is 2.22. The van der Waals surface area contributed by atoms with Crippen molar-refractivity contribution in [1.29, 1.82) is 0 Å². The molecule has 1 aromatic carbocycles. The highest BCUT2D eigenvalue weighted by molar-refractivity contribution is 9.11. The van der Waals surface area contributed by atoms with Crippen LogP contribution in [0.5, 0.6) is 0 Å². The first-order valence-corrected chi connectivity index (χ1v) is 8.74. The molecule has 0 spiro atoms. The topological polar surface area (TPSA) is 98.5 Å². The van der Waals surface area contributed by atoms with Crippen LogP contribution in [0, 0.1) is 0 Å². The smallest absolute Gasteiger partial charge is 0.307 e. The van der Waals surface area contributed by atoms with Crippen LogP contribution in [0.1, 0.15) is 13.3 Å². The first kappa shape index (κ1) is 17.4. The number of hydrogen-bond acceptors (Lipinski definition) is 5. The van der Waals surface area contributed by atoms with Gasteiger partial charge in [0.05, 0.1) is 13.0 Å². The fourth-order valence-corrected chi connectivity index (χ4v) is 5.08. The highest BCUT2D eigenvalue weighted by Crippen LogP contribution is 2.32. The molecule has 9 heteroatoms. The van der Waals surface area contributed by atoms with E-state index in [1.807, 2.05) is 0 Å². The van der Waals surface area contributed by atoms with Gasteiger partial charge in [-0.2, -0.15) is 0 Å². The summed E-state index contributed by atoms with van der Waals surface area (Å²) in [6.45, 7) is 1.91. The highest BCUT2D eigenvalue weighted by Gasteiger charge is 2.21. The van der Waals surface area contributed by atoms with E-state index in [9.17, 15) is 13.2 Å². The molecule has 112 valence electrons. The zero-order chi connectivity index (χ0) is 15.3. The molecule has 0 heterocycles. The molecule has 0 fully saturated rings. The lowest BCUT2D eigenvalue weighted by atomic mass is 10.3. The molecule has 0 amide bonds. The van der Waals surface area contributed by atoms with Crippen molar-refractivity contribution >= 4 is 53.5 Å². The van der Waals surface area contributed by atoms with Crippen molar-refractivity contribution in [2.24, 2.45) is 0 Å². The van der Waals surface area contributed by atoms with Gasteiger partial charge in [-0.15, -0.1) is 0 Å². The van der Waals surface area contributed by atoms with Crippen molar-refractivity contribution in [3.05, 3.63) is 21.1 Å². The van der Waals surface area contributed by atoms with Crippen molar-refractivity contribution < 1.29 is 17.9 Å². The summed E-state index contributed by atoms with van der Waals surface area (Å²) in [5.41, 5.74) is 6.03. The van der Waals surface area contributed by atoms with E-state index in [4.69, 9.17) is 10.5 Å². The van der Waals surface area contributed by atoms with E-state index in [1.54, 1.807) is 6.92 Å². The number of hydrogen-bond donors (Lipinski definition) is 2. The minimum Gasteiger partial charge on any atom is -0.466 e. The molecular weight excluding hydrogens is 416 g/mol. The molecule has 0 saturated heterocycles. The fraction of sp³-hybridized carbons (Fsp3) is 0.364. The van der Waals surface area contributed by atoms with Crippen molar-refractivity contribution in [1.82, 2.24) is 4.72 Å². The van der Waals surface area contributed by atoms with Crippen LogP contribution in [0.15, 0.2) is 26.0 Å². The predicted molar refractivity (Wildman–Crippen MR) is 82.7 cm³/mol. The summed E-state index contributed by atoms with van der Waals surface area (Å²) in [7, 11) is -3.76. The molecule has 3 N–H and O–H groups in total. The lowest BCUT2D eigenvalue weighted by Gasteiger charge is -2.11. The lowest BCUT2D eigenvalue weighted by molar-refractivity contribution is -0.142. The van der Waals surface area contributed by atoms with Crippen LogP contribution in [0.4, 0.5) is 5.69 Å². The second-order valence-electron chi connectivity index (χ2n) is 3.77. The van der Waals surface area contributed by atoms with Gasteiger partial charge in [0.25, 0.3) is 0 Å².